The third-order valence-corrected chi connectivity index (χ3v) is 8.27. The summed E-state index contributed by atoms with van der Waals surface area (Å²) in [7, 11) is -1.88. The molecule has 1 saturated heterocycles. The van der Waals surface area contributed by atoms with E-state index < -0.39 is 44.2 Å². The van der Waals surface area contributed by atoms with Crippen LogP contribution in [-0.4, -0.2) is 58.3 Å². The Morgan fingerprint density at radius 1 is 1.21 bits per heavy atom. The van der Waals surface area contributed by atoms with Crippen molar-refractivity contribution in [2.45, 2.75) is 65.2 Å². The van der Waals surface area contributed by atoms with Crippen LogP contribution < -0.4 is 10.1 Å². The van der Waals surface area contributed by atoms with Gasteiger partial charge in [0.2, 0.25) is 11.8 Å². The van der Waals surface area contributed by atoms with Crippen molar-refractivity contribution in [2.24, 2.45) is 0 Å². The second kappa shape index (κ2) is 13.7. The molecular formula is C29H32ClF2N3O6P+. The SMILES string of the molecule is CCC(Oc1ccc2c(C(C)=O)cn(CC(=O)N3C[C@H](F)C[C@H]3C(=O)NCc3cccc(Cl)c3F)c2c1)O[P+](=O)CC. The Labute approximate surface area is 248 Å². The molecule has 1 fully saturated rings. The minimum atomic E-state index is -1.88. The van der Waals surface area contributed by atoms with Crippen LogP contribution in [0.5, 0.6) is 5.75 Å². The van der Waals surface area contributed by atoms with E-state index in [1.165, 1.54) is 25.3 Å². The Balaban J connectivity index is 1.54. The lowest BCUT2D eigenvalue weighted by molar-refractivity contribution is -0.139. The van der Waals surface area contributed by atoms with Gasteiger partial charge < -0.3 is 19.5 Å². The van der Waals surface area contributed by atoms with Crippen LogP contribution in [0.3, 0.4) is 0 Å². The fourth-order valence-electron chi connectivity index (χ4n) is 4.82. The summed E-state index contributed by atoms with van der Waals surface area (Å²) in [5.74, 6) is -1.65. The van der Waals surface area contributed by atoms with Crippen molar-refractivity contribution in [3.05, 3.63) is 64.6 Å². The Morgan fingerprint density at radius 3 is 2.67 bits per heavy atom. The number of fused-ring (bicyclic) bond motifs is 1. The molecule has 0 radical (unpaired) electrons. The first-order chi connectivity index (χ1) is 20.0. The number of likely N-dealkylation sites (tertiary alicyclic amines) is 1. The molecular weight excluding hydrogens is 591 g/mol. The van der Waals surface area contributed by atoms with E-state index in [0.717, 1.165) is 4.90 Å². The number of halogens is 3. The second-order valence-electron chi connectivity index (χ2n) is 9.94. The number of Topliss-reactive ketones (excluding diaryl/α,β-unsaturated/α-hetero) is 1. The molecule has 1 aliphatic rings. The van der Waals surface area contributed by atoms with Gasteiger partial charge in [-0.2, -0.15) is 0 Å². The van der Waals surface area contributed by atoms with Gasteiger partial charge in [-0.05, 0) is 36.6 Å². The number of carbonyl (C=O) groups is 3. The van der Waals surface area contributed by atoms with E-state index in [1.54, 1.807) is 35.8 Å². The maximum absolute atomic E-state index is 14.5. The molecule has 0 aliphatic carbocycles. The number of benzene rings is 2. The number of carbonyl (C=O) groups excluding carboxylic acids is 3. The van der Waals surface area contributed by atoms with Gasteiger partial charge in [0.25, 0.3) is 6.29 Å². The largest absolute Gasteiger partial charge is 0.511 e. The summed E-state index contributed by atoms with van der Waals surface area (Å²) in [4.78, 5) is 40.0. The topological polar surface area (TPSA) is 107 Å². The third kappa shape index (κ3) is 7.14. The van der Waals surface area contributed by atoms with E-state index in [1.807, 2.05) is 6.92 Å². The monoisotopic (exact) mass is 622 g/mol. The van der Waals surface area contributed by atoms with E-state index in [2.05, 4.69) is 5.32 Å². The lowest BCUT2D eigenvalue weighted by Crippen LogP contribution is -2.46. The molecule has 1 aliphatic heterocycles. The lowest BCUT2D eigenvalue weighted by atomic mass is 10.1. The average molecular weight is 623 g/mol. The highest BCUT2D eigenvalue weighted by Crippen LogP contribution is 2.31. The second-order valence-corrected chi connectivity index (χ2v) is 11.9. The van der Waals surface area contributed by atoms with Gasteiger partial charge in [-0.1, -0.05) is 30.7 Å². The normalized spacial score (nSPS) is 17.8. The van der Waals surface area contributed by atoms with E-state index in [4.69, 9.17) is 20.9 Å². The summed E-state index contributed by atoms with van der Waals surface area (Å²) in [6.45, 7) is 4.24. The first kappa shape index (κ1) is 31.5. The zero-order valence-electron chi connectivity index (χ0n) is 23.4. The smallest absolute Gasteiger partial charge is 0.460 e. The number of ketones is 1. The van der Waals surface area contributed by atoms with Crippen LogP contribution in [0.1, 0.15) is 49.5 Å². The first-order valence-electron chi connectivity index (χ1n) is 13.6. The van der Waals surface area contributed by atoms with Gasteiger partial charge in [0.05, 0.1) is 17.1 Å². The lowest BCUT2D eigenvalue weighted by Gasteiger charge is -2.24. The van der Waals surface area contributed by atoms with Crippen molar-refractivity contribution in [1.82, 2.24) is 14.8 Å². The van der Waals surface area contributed by atoms with E-state index >= 15 is 0 Å². The molecule has 0 saturated carbocycles. The molecule has 2 heterocycles. The predicted molar refractivity (Wildman–Crippen MR) is 154 cm³/mol. The maximum atomic E-state index is 14.5. The summed E-state index contributed by atoms with van der Waals surface area (Å²) in [6, 6.07) is 8.30. The minimum Gasteiger partial charge on any atom is -0.460 e. The van der Waals surface area contributed by atoms with Gasteiger partial charge in [0.15, 0.2) is 11.9 Å². The predicted octanol–water partition coefficient (Wildman–Crippen LogP) is 5.79. The number of hydrogen-bond acceptors (Lipinski definition) is 6. The van der Waals surface area contributed by atoms with Crippen LogP contribution >= 0.6 is 19.6 Å². The van der Waals surface area contributed by atoms with Crippen LogP contribution in [0.4, 0.5) is 8.78 Å². The molecule has 2 aromatic carbocycles. The fourth-order valence-corrected chi connectivity index (χ4v) is 5.62. The van der Waals surface area contributed by atoms with Crippen molar-refractivity contribution >= 4 is 48.1 Å². The molecule has 13 heteroatoms. The Morgan fingerprint density at radius 2 is 1.98 bits per heavy atom. The number of ether oxygens (including phenoxy) is 1. The molecule has 9 nitrogen and oxygen atoms in total. The molecule has 2 amide bonds. The molecule has 3 aromatic rings. The molecule has 42 heavy (non-hydrogen) atoms. The van der Waals surface area contributed by atoms with Gasteiger partial charge in [0.1, 0.15) is 30.3 Å². The van der Waals surface area contributed by atoms with Crippen molar-refractivity contribution in [3.8, 4) is 5.75 Å². The Kier molecular flexibility index (Phi) is 10.3. The summed E-state index contributed by atoms with van der Waals surface area (Å²) >= 11 is 5.81. The van der Waals surface area contributed by atoms with Crippen LogP contribution in [0.25, 0.3) is 10.9 Å². The maximum Gasteiger partial charge on any atom is 0.511 e. The quantitative estimate of drug-likeness (QED) is 0.156. The number of amides is 2. The number of nitrogens with zero attached hydrogens (tertiary/aromatic N) is 2. The highest BCUT2D eigenvalue weighted by Gasteiger charge is 2.40. The zero-order valence-corrected chi connectivity index (χ0v) is 25.1. The molecule has 0 spiro atoms. The first-order valence-corrected chi connectivity index (χ1v) is 15.3. The number of alkyl halides is 1. The van der Waals surface area contributed by atoms with Crippen molar-refractivity contribution < 1.29 is 37.0 Å². The zero-order chi connectivity index (χ0) is 30.6. The number of hydrogen-bond donors (Lipinski definition) is 1. The summed E-state index contributed by atoms with van der Waals surface area (Å²) < 4.78 is 53.5. The Bertz CT molecular complexity index is 1520. The highest BCUT2D eigenvalue weighted by atomic mass is 35.5. The summed E-state index contributed by atoms with van der Waals surface area (Å²) in [5, 5.41) is 3.07. The van der Waals surface area contributed by atoms with Gasteiger partial charge in [-0.3, -0.25) is 14.4 Å². The van der Waals surface area contributed by atoms with Crippen molar-refractivity contribution in [1.29, 1.82) is 0 Å². The van der Waals surface area contributed by atoms with Gasteiger partial charge in [0, 0.05) is 48.2 Å². The van der Waals surface area contributed by atoms with Crippen LogP contribution in [0.2, 0.25) is 5.02 Å². The number of nitrogens with one attached hydrogen (secondary N) is 1. The van der Waals surface area contributed by atoms with Crippen LogP contribution in [0.15, 0.2) is 42.6 Å². The highest BCUT2D eigenvalue weighted by molar-refractivity contribution is 7.39. The molecule has 224 valence electrons. The Hall–Kier alpha value is -3.40. The van der Waals surface area contributed by atoms with Crippen LogP contribution in [-0.2, 0) is 31.8 Å². The standard InChI is InChI=1S/C29H31ClF2N3O6P/c1-4-27(41-42(39)5-2)40-20-9-10-21-22(17(3)36)15-34(24(21)12-20)16-26(37)35-14-19(31)11-25(35)29(38)33-13-18-7-6-8-23(30)28(18)32/h6-10,12,15,19,25,27H,4-5,11,13-14,16H2,1-3H3/p+1/t19-,25+,27?/m1/s1. The summed E-state index contributed by atoms with van der Waals surface area (Å²) in [5.41, 5.74) is 1.05. The fraction of sp³-hybridized carbons (Fsp3) is 0.414. The molecule has 2 unspecified atom stereocenters. The molecule has 1 N–H and O–H groups in total. The molecule has 4 rings (SSSR count). The van der Waals surface area contributed by atoms with E-state index in [-0.39, 0.29) is 42.4 Å². The van der Waals surface area contributed by atoms with Gasteiger partial charge >= 0.3 is 8.03 Å². The van der Waals surface area contributed by atoms with E-state index in [0.29, 0.717) is 34.8 Å². The van der Waals surface area contributed by atoms with E-state index in [9.17, 15) is 27.7 Å². The van der Waals surface area contributed by atoms with Crippen molar-refractivity contribution in [3.63, 3.8) is 0 Å². The average Bonchev–Trinajstić information content (AvgIpc) is 3.53. The summed E-state index contributed by atoms with van der Waals surface area (Å²) in [6.07, 6.45) is -0.0533. The number of aromatic nitrogens is 1. The minimum absolute atomic E-state index is 0.0881. The van der Waals surface area contributed by atoms with Gasteiger partial charge in [-0.25, -0.2) is 8.78 Å². The van der Waals surface area contributed by atoms with Crippen molar-refractivity contribution in [2.75, 3.05) is 12.7 Å². The van der Waals surface area contributed by atoms with Gasteiger partial charge in [-0.15, -0.1) is 4.52 Å². The molecule has 4 atom stereocenters. The third-order valence-electron chi connectivity index (χ3n) is 6.99. The molecule has 1 aromatic heterocycles. The molecule has 0 bridgehead atoms. The number of rotatable bonds is 12. The van der Waals surface area contributed by atoms with Crippen LogP contribution in [0, 0.1) is 5.82 Å².